The molecule has 1 atom stereocenters. The van der Waals surface area contributed by atoms with Gasteiger partial charge in [-0.1, -0.05) is 12.1 Å². The number of amides is 1. The Labute approximate surface area is 169 Å². The molecular weight excluding hydrogens is 376 g/mol. The van der Waals surface area contributed by atoms with E-state index in [1.165, 1.54) is 7.11 Å². The first-order chi connectivity index (χ1) is 13.9. The van der Waals surface area contributed by atoms with Crippen molar-refractivity contribution in [2.24, 2.45) is 0 Å². The number of hydrogen-bond acceptors (Lipinski definition) is 6. The maximum Gasteiger partial charge on any atom is 0.340 e. The van der Waals surface area contributed by atoms with Crippen molar-refractivity contribution in [2.45, 2.75) is 20.0 Å². The van der Waals surface area contributed by atoms with E-state index in [4.69, 9.17) is 18.9 Å². The molecule has 0 aliphatic carbocycles. The largest absolute Gasteiger partial charge is 0.486 e. The van der Waals surface area contributed by atoms with Crippen molar-refractivity contribution in [1.29, 1.82) is 0 Å². The standard InChI is InChI=1S/C21H26N2O6/c1-13-18(21(25)27-10-9-26-4)14(2)22-19(13)20(24)23(3)11-15-12-28-16-7-5-6-8-17(16)29-15/h5-8,15,22H,9-12H2,1-4H3. The molecule has 8 nitrogen and oxygen atoms in total. The number of carbonyl (C=O) groups is 2. The SMILES string of the molecule is COCCOC(=O)c1c(C)[nH]c(C(=O)N(C)CC2COc3ccccc3O2)c1C. The number of rotatable bonds is 7. The summed E-state index contributed by atoms with van der Waals surface area (Å²) in [7, 11) is 3.23. The third-order valence-electron chi connectivity index (χ3n) is 4.77. The summed E-state index contributed by atoms with van der Waals surface area (Å²) in [5.74, 6) is 0.655. The fourth-order valence-corrected chi connectivity index (χ4v) is 3.29. The van der Waals surface area contributed by atoms with E-state index in [-0.39, 0.29) is 18.6 Å². The van der Waals surface area contributed by atoms with Crippen molar-refractivity contribution in [3.63, 3.8) is 0 Å². The number of fused-ring (bicyclic) bond motifs is 1. The molecule has 0 fully saturated rings. The van der Waals surface area contributed by atoms with Crippen molar-refractivity contribution >= 4 is 11.9 Å². The van der Waals surface area contributed by atoms with Crippen molar-refractivity contribution in [3.05, 3.63) is 46.8 Å². The molecule has 1 aromatic carbocycles. The number of nitrogens with one attached hydrogen (secondary N) is 1. The zero-order valence-electron chi connectivity index (χ0n) is 17.1. The van der Waals surface area contributed by atoms with Crippen molar-refractivity contribution in [3.8, 4) is 11.5 Å². The Kier molecular flexibility index (Phi) is 6.43. The third kappa shape index (κ3) is 4.54. The van der Waals surface area contributed by atoms with E-state index in [9.17, 15) is 9.59 Å². The minimum atomic E-state index is -0.476. The minimum Gasteiger partial charge on any atom is -0.486 e. The summed E-state index contributed by atoms with van der Waals surface area (Å²) in [6.07, 6.45) is -0.284. The van der Waals surface area contributed by atoms with Gasteiger partial charge in [0.05, 0.1) is 18.7 Å². The summed E-state index contributed by atoms with van der Waals surface area (Å²) in [6, 6.07) is 7.44. The highest BCUT2D eigenvalue weighted by Gasteiger charge is 2.28. The van der Waals surface area contributed by atoms with Crippen LogP contribution in [0.15, 0.2) is 24.3 Å². The number of aromatic nitrogens is 1. The maximum atomic E-state index is 13.0. The normalized spacial score (nSPS) is 15.1. The monoisotopic (exact) mass is 402 g/mol. The van der Waals surface area contributed by atoms with Gasteiger partial charge in [-0.2, -0.15) is 0 Å². The van der Waals surface area contributed by atoms with Gasteiger partial charge in [0, 0.05) is 19.9 Å². The van der Waals surface area contributed by atoms with Crippen LogP contribution in [0.3, 0.4) is 0 Å². The lowest BCUT2D eigenvalue weighted by atomic mass is 10.1. The van der Waals surface area contributed by atoms with Crippen LogP contribution < -0.4 is 9.47 Å². The molecule has 1 unspecified atom stereocenters. The van der Waals surface area contributed by atoms with Crippen molar-refractivity contribution in [2.75, 3.05) is 40.5 Å². The van der Waals surface area contributed by atoms with E-state index >= 15 is 0 Å². The second kappa shape index (κ2) is 9.00. The molecule has 0 radical (unpaired) electrons. The van der Waals surface area contributed by atoms with Gasteiger partial charge in [0.1, 0.15) is 18.9 Å². The highest BCUT2D eigenvalue weighted by atomic mass is 16.6. The van der Waals surface area contributed by atoms with Gasteiger partial charge in [-0.3, -0.25) is 4.79 Å². The third-order valence-corrected chi connectivity index (χ3v) is 4.77. The summed E-state index contributed by atoms with van der Waals surface area (Å²) < 4.78 is 21.7. The summed E-state index contributed by atoms with van der Waals surface area (Å²) in [5.41, 5.74) is 1.89. The first kappa shape index (κ1) is 20.7. The van der Waals surface area contributed by atoms with Crippen molar-refractivity contribution < 1.29 is 28.5 Å². The smallest absolute Gasteiger partial charge is 0.340 e. The number of carbonyl (C=O) groups excluding carboxylic acids is 2. The van der Waals surface area contributed by atoms with Crippen LogP contribution in [-0.2, 0) is 9.47 Å². The number of ether oxygens (including phenoxy) is 4. The second-order valence-electron chi connectivity index (χ2n) is 6.94. The van der Waals surface area contributed by atoms with Gasteiger partial charge in [-0.05, 0) is 31.5 Å². The van der Waals surface area contributed by atoms with Crippen LogP contribution in [0.25, 0.3) is 0 Å². The molecule has 2 aromatic rings. The molecular formula is C21H26N2O6. The molecule has 0 bridgehead atoms. The van der Waals surface area contributed by atoms with Gasteiger partial charge in [0.25, 0.3) is 5.91 Å². The number of hydrogen-bond donors (Lipinski definition) is 1. The number of methoxy groups -OCH3 is 1. The Bertz CT molecular complexity index is 891. The number of nitrogens with zero attached hydrogens (tertiary/aromatic N) is 1. The second-order valence-corrected chi connectivity index (χ2v) is 6.94. The maximum absolute atomic E-state index is 13.0. The average molecular weight is 402 g/mol. The molecule has 1 aromatic heterocycles. The molecule has 0 spiro atoms. The Hall–Kier alpha value is -3.00. The van der Waals surface area contributed by atoms with E-state index in [2.05, 4.69) is 4.98 Å². The molecule has 1 amide bonds. The van der Waals surface area contributed by atoms with E-state index in [0.717, 1.165) is 0 Å². The fourth-order valence-electron chi connectivity index (χ4n) is 3.29. The molecule has 1 N–H and O–H groups in total. The summed E-state index contributed by atoms with van der Waals surface area (Å²) in [6.45, 7) is 4.64. The van der Waals surface area contributed by atoms with Crippen LogP contribution in [0.5, 0.6) is 11.5 Å². The molecule has 1 aliphatic heterocycles. The Morgan fingerprint density at radius 1 is 1.21 bits per heavy atom. The zero-order valence-corrected chi connectivity index (χ0v) is 17.1. The highest BCUT2D eigenvalue weighted by molar-refractivity contribution is 6.00. The van der Waals surface area contributed by atoms with Crippen LogP contribution in [0.1, 0.15) is 32.1 Å². The quantitative estimate of drug-likeness (QED) is 0.565. The van der Waals surface area contributed by atoms with Crippen LogP contribution in [0.4, 0.5) is 0 Å². The number of H-pyrrole nitrogens is 1. The number of para-hydroxylation sites is 2. The zero-order chi connectivity index (χ0) is 21.0. The van der Waals surface area contributed by atoms with Crippen LogP contribution in [-0.4, -0.2) is 68.4 Å². The molecule has 3 rings (SSSR count). The van der Waals surface area contributed by atoms with E-state index in [1.54, 1.807) is 25.8 Å². The van der Waals surface area contributed by atoms with Crippen LogP contribution in [0, 0.1) is 13.8 Å². The van der Waals surface area contributed by atoms with Crippen LogP contribution >= 0.6 is 0 Å². The van der Waals surface area contributed by atoms with E-state index in [0.29, 0.717) is 53.8 Å². The molecule has 8 heteroatoms. The Balaban J connectivity index is 1.67. The van der Waals surface area contributed by atoms with E-state index in [1.807, 2.05) is 24.3 Å². The van der Waals surface area contributed by atoms with Gasteiger partial charge in [-0.15, -0.1) is 0 Å². The van der Waals surface area contributed by atoms with Gasteiger partial charge in [0.2, 0.25) is 0 Å². The minimum absolute atomic E-state index is 0.156. The number of likely N-dealkylation sites (N-methyl/N-ethyl adjacent to an activating group) is 1. The number of esters is 1. The Morgan fingerprint density at radius 3 is 2.66 bits per heavy atom. The molecule has 1 aliphatic rings. The van der Waals surface area contributed by atoms with Crippen LogP contribution in [0.2, 0.25) is 0 Å². The Morgan fingerprint density at radius 2 is 1.93 bits per heavy atom. The van der Waals surface area contributed by atoms with Gasteiger partial charge in [0.15, 0.2) is 17.6 Å². The average Bonchev–Trinajstić information content (AvgIpc) is 3.01. The molecule has 0 saturated heterocycles. The predicted octanol–water partition coefficient (Wildman–Crippen LogP) is 2.35. The fraction of sp³-hybridized carbons (Fsp3) is 0.429. The van der Waals surface area contributed by atoms with Crippen molar-refractivity contribution in [1.82, 2.24) is 9.88 Å². The number of aromatic amines is 1. The van der Waals surface area contributed by atoms with Gasteiger partial charge in [-0.25, -0.2) is 4.79 Å². The predicted molar refractivity (Wildman–Crippen MR) is 106 cm³/mol. The molecule has 156 valence electrons. The first-order valence-corrected chi connectivity index (χ1v) is 9.41. The van der Waals surface area contributed by atoms with Gasteiger partial charge >= 0.3 is 5.97 Å². The summed E-state index contributed by atoms with van der Waals surface area (Å²) in [4.78, 5) is 29.9. The van der Waals surface area contributed by atoms with Gasteiger partial charge < -0.3 is 28.8 Å². The topological polar surface area (TPSA) is 90.1 Å². The lowest BCUT2D eigenvalue weighted by molar-refractivity contribution is 0.0386. The van der Waals surface area contributed by atoms with E-state index < -0.39 is 5.97 Å². The first-order valence-electron chi connectivity index (χ1n) is 9.41. The highest BCUT2D eigenvalue weighted by Crippen LogP contribution is 2.31. The lowest BCUT2D eigenvalue weighted by Gasteiger charge is -2.29. The molecule has 2 heterocycles. The summed E-state index contributed by atoms with van der Waals surface area (Å²) in [5, 5.41) is 0. The summed E-state index contributed by atoms with van der Waals surface area (Å²) >= 11 is 0. The molecule has 0 saturated carbocycles. The molecule has 29 heavy (non-hydrogen) atoms. The number of benzene rings is 1. The number of aryl methyl sites for hydroxylation is 1. The lowest BCUT2D eigenvalue weighted by Crippen LogP contribution is -2.42.